The summed E-state index contributed by atoms with van der Waals surface area (Å²) in [5.41, 5.74) is 3.01. The average molecular weight is 429 g/mol. The Bertz CT molecular complexity index is 1250. The smallest absolute Gasteiger partial charge is 0.326 e. The van der Waals surface area contributed by atoms with Gasteiger partial charge in [0.15, 0.2) is 5.58 Å². The van der Waals surface area contributed by atoms with E-state index in [9.17, 15) is 9.18 Å². The lowest BCUT2D eigenvalue weighted by atomic mass is 10.0. The van der Waals surface area contributed by atoms with Gasteiger partial charge in [0.2, 0.25) is 0 Å². The van der Waals surface area contributed by atoms with Crippen LogP contribution in [0.25, 0.3) is 22.0 Å². The van der Waals surface area contributed by atoms with Gasteiger partial charge in [-0.3, -0.25) is 4.57 Å². The maximum absolute atomic E-state index is 13.3. The highest BCUT2D eigenvalue weighted by atomic mass is 35.5. The van der Waals surface area contributed by atoms with Crippen molar-refractivity contribution in [1.29, 1.82) is 0 Å². The van der Waals surface area contributed by atoms with Crippen LogP contribution in [0.15, 0.2) is 45.7 Å². The normalized spacial score (nSPS) is 16.1. The molecule has 0 aliphatic carbocycles. The first kappa shape index (κ1) is 19.3. The summed E-state index contributed by atoms with van der Waals surface area (Å²) in [6.07, 6.45) is 3.61. The van der Waals surface area contributed by atoms with Crippen LogP contribution in [0.3, 0.4) is 0 Å². The molecule has 3 heterocycles. The Kier molecular flexibility index (Phi) is 5.08. The molecule has 30 heavy (non-hydrogen) atoms. The van der Waals surface area contributed by atoms with Crippen LogP contribution in [-0.2, 0) is 6.42 Å². The van der Waals surface area contributed by atoms with Crippen molar-refractivity contribution in [2.24, 2.45) is 0 Å². The van der Waals surface area contributed by atoms with Crippen LogP contribution in [0, 0.1) is 5.82 Å². The van der Waals surface area contributed by atoms with E-state index in [-0.39, 0.29) is 17.5 Å². The molecule has 0 radical (unpaired) electrons. The highest BCUT2D eigenvalue weighted by molar-refractivity contribution is 6.31. The molecule has 2 aromatic heterocycles. The van der Waals surface area contributed by atoms with Crippen LogP contribution >= 0.6 is 11.6 Å². The minimum atomic E-state index is -0.314. The van der Waals surface area contributed by atoms with Crippen molar-refractivity contribution in [2.45, 2.75) is 31.7 Å². The summed E-state index contributed by atoms with van der Waals surface area (Å²) in [5, 5.41) is 5.60. The minimum absolute atomic E-state index is 0.0694. The van der Waals surface area contributed by atoms with Gasteiger partial charge in [0.05, 0.1) is 16.7 Å². The number of hydrogen-bond acceptors (Lipinski definition) is 4. The minimum Gasteiger partial charge on any atom is -0.356 e. The molecule has 6 nitrogen and oxygen atoms in total. The number of hydrogen-bond donors (Lipinski definition) is 1. The molecule has 0 bridgehead atoms. The molecule has 8 heteroatoms. The quantitative estimate of drug-likeness (QED) is 0.507. The Labute approximate surface area is 177 Å². The topological polar surface area (TPSA) is 67.1 Å². The average Bonchev–Trinajstić information content (AvgIpc) is 3.27. The van der Waals surface area contributed by atoms with E-state index in [1.165, 1.54) is 12.1 Å². The van der Waals surface area contributed by atoms with Crippen LogP contribution in [0.2, 0.25) is 5.02 Å². The second-order valence-electron chi connectivity index (χ2n) is 7.91. The van der Waals surface area contributed by atoms with Gasteiger partial charge in [-0.05, 0) is 62.6 Å². The van der Waals surface area contributed by atoms with Gasteiger partial charge in [-0.2, -0.15) is 0 Å². The third kappa shape index (κ3) is 3.63. The second kappa shape index (κ2) is 7.89. The van der Waals surface area contributed by atoms with Gasteiger partial charge >= 0.3 is 5.69 Å². The lowest BCUT2D eigenvalue weighted by molar-refractivity contribution is 0.185. The van der Waals surface area contributed by atoms with E-state index in [4.69, 9.17) is 16.1 Å². The first-order valence-corrected chi connectivity index (χ1v) is 10.6. The monoisotopic (exact) mass is 428 g/mol. The largest absolute Gasteiger partial charge is 0.356 e. The molecule has 0 atom stereocenters. The number of nitrogens with one attached hydrogen (secondary N) is 1. The zero-order chi connectivity index (χ0) is 20.7. The lowest BCUT2D eigenvalue weighted by Gasteiger charge is -2.32. The number of likely N-dealkylation sites (tertiary alicyclic amines) is 1. The fraction of sp³-hybridized carbons (Fsp3) is 0.364. The maximum atomic E-state index is 13.3. The van der Waals surface area contributed by atoms with Crippen molar-refractivity contribution in [3.05, 3.63) is 63.4 Å². The molecule has 156 valence electrons. The SMILES string of the molecule is O=c1[nH]c2cc(Cl)ccc2n1C1CCN(CCCc2noc3cc(F)ccc23)CC1. The number of aromatic amines is 1. The number of H-pyrrole nitrogens is 1. The van der Waals surface area contributed by atoms with E-state index in [1.807, 2.05) is 16.7 Å². The molecule has 0 spiro atoms. The highest BCUT2D eigenvalue weighted by Crippen LogP contribution is 2.26. The Balaban J connectivity index is 1.19. The number of halogens is 2. The Morgan fingerprint density at radius 3 is 2.87 bits per heavy atom. The van der Waals surface area contributed by atoms with Gasteiger partial charge in [-0.15, -0.1) is 0 Å². The van der Waals surface area contributed by atoms with Gasteiger partial charge in [0.1, 0.15) is 5.82 Å². The fourth-order valence-corrected chi connectivity index (χ4v) is 4.65. The third-order valence-electron chi connectivity index (χ3n) is 6.00. The van der Waals surface area contributed by atoms with E-state index >= 15 is 0 Å². The summed E-state index contributed by atoms with van der Waals surface area (Å²) < 4.78 is 20.4. The lowest BCUT2D eigenvalue weighted by Crippen LogP contribution is -2.37. The van der Waals surface area contributed by atoms with Crippen molar-refractivity contribution in [3.63, 3.8) is 0 Å². The number of aryl methyl sites for hydroxylation is 1. The van der Waals surface area contributed by atoms with Crippen molar-refractivity contribution in [3.8, 4) is 0 Å². The molecule has 4 aromatic rings. The predicted octanol–water partition coefficient (Wildman–Crippen LogP) is 4.53. The summed E-state index contributed by atoms with van der Waals surface area (Å²) in [6.45, 7) is 2.85. The standard InChI is InChI=1S/C22H22ClFN4O2/c23-14-3-6-20-19(12-14)25-22(29)28(20)16-7-10-27(11-8-16)9-1-2-18-17-5-4-15(24)13-21(17)30-26-18/h3-6,12-13,16H,1-2,7-11H2,(H,25,29). The van der Waals surface area contributed by atoms with Crippen molar-refractivity contribution < 1.29 is 8.91 Å². The molecule has 0 amide bonds. The molecule has 1 fully saturated rings. The summed E-state index contributed by atoms with van der Waals surface area (Å²) in [6, 6.07) is 10.3. The third-order valence-corrected chi connectivity index (χ3v) is 6.23. The number of aromatic nitrogens is 3. The molecule has 1 saturated heterocycles. The van der Waals surface area contributed by atoms with E-state index < -0.39 is 0 Å². The van der Waals surface area contributed by atoms with Gasteiger partial charge in [-0.1, -0.05) is 16.8 Å². The Morgan fingerprint density at radius 1 is 1.20 bits per heavy atom. The summed E-state index contributed by atoms with van der Waals surface area (Å²) in [7, 11) is 0. The van der Waals surface area contributed by atoms with Gasteiger partial charge in [0, 0.05) is 35.6 Å². The Hall–Kier alpha value is -2.64. The maximum Gasteiger partial charge on any atom is 0.326 e. The van der Waals surface area contributed by atoms with Crippen LogP contribution in [0.5, 0.6) is 0 Å². The number of piperidine rings is 1. The molecule has 0 saturated carbocycles. The molecule has 1 aliphatic rings. The van der Waals surface area contributed by atoms with E-state index in [0.29, 0.717) is 10.6 Å². The number of rotatable bonds is 5. The van der Waals surface area contributed by atoms with Crippen molar-refractivity contribution in [1.82, 2.24) is 19.6 Å². The summed E-state index contributed by atoms with van der Waals surface area (Å²) >= 11 is 6.04. The van der Waals surface area contributed by atoms with E-state index in [0.717, 1.165) is 67.4 Å². The first-order valence-electron chi connectivity index (χ1n) is 10.2. The summed E-state index contributed by atoms with van der Waals surface area (Å²) in [5.74, 6) is -0.314. The summed E-state index contributed by atoms with van der Waals surface area (Å²) in [4.78, 5) is 17.8. The number of benzene rings is 2. The van der Waals surface area contributed by atoms with Crippen LogP contribution in [-0.4, -0.2) is 39.2 Å². The fourth-order valence-electron chi connectivity index (χ4n) is 4.48. The number of fused-ring (bicyclic) bond motifs is 2. The molecule has 2 aromatic carbocycles. The molecular weight excluding hydrogens is 407 g/mol. The van der Waals surface area contributed by atoms with E-state index in [1.54, 1.807) is 12.1 Å². The van der Waals surface area contributed by atoms with Crippen molar-refractivity contribution in [2.75, 3.05) is 19.6 Å². The van der Waals surface area contributed by atoms with Crippen LogP contribution in [0.1, 0.15) is 31.0 Å². The Morgan fingerprint density at radius 2 is 2.03 bits per heavy atom. The van der Waals surface area contributed by atoms with E-state index in [2.05, 4.69) is 15.0 Å². The second-order valence-corrected chi connectivity index (χ2v) is 8.34. The zero-order valence-electron chi connectivity index (χ0n) is 16.4. The number of imidazole rings is 1. The van der Waals surface area contributed by atoms with Crippen molar-refractivity contribution >= 4 is 33.6 Å². The van der Waals surface area contributed by atoms with Gasteiger partial charge in [0.25, 0.3) is 0 Å². The van der Waals surface area contributed by atoms with Crippen LogP contribution < -0.4 is 5.69 Å². The van der Waals surface area contributed by atoms with Gasteiger partial charge < -0.3 is 14.4 Å². The molecule has 1 aliphatic heterocycles. The highest BCUT2D eigenvalue weighted by Gasteiger charge is 2.23. The molecule has 1 N–H and O–H groups in total. The molecular formula is C22H22ClFN4O2. The molecule has 5 rings (SSSR count). The predicted molar refractivity (Wildman–Crippen MR) is 115 cm³/mol. The first-order chi connectivity index (χ1) is 14.6. The van der Waals surface area contributed by atoms with Crippen LogP contribution in [0.4, 0.5) is 4.39 Å². The van der Waals surface area contributed by atoms with Gasteiger partial charge in [-0.25, -0.2) is 9.18 Å². The number of nitrogens with zero attached hydrogens (tertiary/aromatic N) is 3. The zero-order valence-corrected chi connectivity index (χ0v) is 17.2. The molecule has 0 unspecified atom stereocenters.